The smallest absolute Gasteiger partial charge is 0.221 e. The van der Waals surface area contributed by atoms with Crippen LogP contribution in [-0.4, -0.2) is 17.2 Å². The van der Waals surface area contributed by atoms with Gasteiger partial charge in [0.2, 0.25) is 5.91 Å². The molecule has 0 saturated carbocycles. The lowest BCUT2D eigenvalue weighted by molar-refractivity contribution is -0.114. The van der Waals surface area contributed by atoms with Crippen molar-refractivity contribution in [1.29, 1.82) is 0 Å². The summed E-state index contributed by atoms with van der Waals surface area (Å²) in [5, 5.41) is 2.49. The second kappa shape index (κ2) is 3.61. The number of rotatable bonds is 2. The zero-order valence-electron chi connectivity index (χ0n) is 6.57. The maximum Gasteiger partial charge on any atom is 0.221 e. The first-order valence-electron chi connectivity index (χ1n) is 3.41. The molecule has 0 radical (unpaired) electrons. The fourth-order valence-electron chi connectivity index (χ4n) is 0.802. The summed E-state index contributed by atoms with van der Waals surface area (Å²) in [5.74, 6) is -0.217. The molecule has 1 rings (SSSR count). The second-order valence-corrected chi connectivity index (χ2v) is 2.26. The molecule has 0 bridgehead atoms. The molecule has 12 heavy (non-hydrogen) atoms. The lowest BCUT2D eigenvalue weighted by atomic mass is 10.2. The summed E-state index contributed by atoms with van der Waals surface area (Å²) in [5.41, 5.74) is 0.875. The van der Waals surface area contributed by atoms with Crippen molar-refractivity contribution in [1.82, 2.24) is 4.98 Å². The number of nitrogens with one attached hydrogen (secondary N) is 1. The predicted octanol–water partition coefficient (Wildman–Crippen LogP) is 0.852. The zero-order valence-corrected chi connectivity index (χ0v) is 6.57. The summed E-state index contributed by atoms with van der Waals surface area (Å²) >= 11 is 0. The summed E-state index contributed by atoms with van der Waals surface area (Å²) in [6, 6.07) is 1.54. The minimum atomic E-state index is -0.217. The molecule has 0 spiro atoms. The first-order valence-corrected chi connectivity index (χ1v) is 3.41. The Hall–Kier alpha value is -1.71. The van der Waals surface area contributed by atoms with Gasteiger partial charge in [-0.2, -0.15) is 0 Å². The maximum absolute atomic E-state index is 10.6. The molecule has 1 aromatic heterocycles. The van der Waals surface area contributed by atoms with Crippen molar-refractivity contribution in [3.63, 3.8) is 0 Å². The highest BCUT2D eigenvalue weighted by Crippen LogP contribution is 2.09. The Morgan fingerprint density at radius 3 is 3.00 bits per heavy atom. The number of hydrogen-bond acceptors (Lipinski definition) is 3. The van der Waals surface area contributed by atoms with Crippen LogP contribution in [0.25, 0.3) is 0 Å². The van der Waals surface area contributed by atoms with Gasteiger partial charge in [-0.3, -0.25) is 14.6 Å². The molecule has 4 heteroatoms. The third kappa shape index (κ3) is 1.88. The van der Waals surface area contributed by atoms with Crippen LogP contribution in [0.4, 0.5) is 5.69 Å². The van der Waals surface area contributed by atoms with E-state index in [4.69, 9.17) is 0 Å². The number of aromatic nitrogens is 1. The van der Waals surface area contributed by atoms with Crippen LogP contribution in [-0.2, 0) is 4.79 Å². The number of aldehydes is 1. The standard InChI is InChI=1S/C8H8N2O2/c1-6(12)10-8-4-9-3-2-7(8)5-11/h2-5H,1H3,(H,10,12). The topological polar surface area (TPSA) is 59.1 Å². The van der Waals surface area contributed by atoms with Crippen LogP contribution in [0.5, 0.6) is 0 Å². The van der Waals surface area contributed by atoms with Crippen LogP contribution in [0.3, 0.4) is 0 Å². The SMILES string of the molecule is CC(=O)Nc1cnccc1C=O. The van der Waals surface area contributed by atoms with Crippen molar-refractivity contribution in [2.45, 2.75) is 6.92 Å². The first kappa shape index (κ1) is 8.39. The van der Waals surface area contributed by atoms with E-state index in [1.54, 1.807) is 0 Å². The van der Waals surface area contributed by atoms with E-state index in [-0.39, 0.29) is 5.91 Å². The molecule has 1 N–H and O–H groups in total. The van der Waals surface area contributed by atoms with Gasteiger partial charge in [0, 0.05) is 18.7 Å². The Kier molecular flexibility index (Phi) is 2.53. The molecule has 1 heterocycles. The molecule has 0 unspecified atom stereocenters. The molecular formula is C8H8N2O2. The van der Waals surface area contributed by atoms with Gasteiger partial charge in [0.25, 0.3) is 0 Å². The minimum Gasteiger partial charge on any atom is -0.324 e. The Bertz CT molecular complexity index is 310. The van der Waals surface area contributed by atoms with Crippen LogP contribution < -0.4 is 5.32 Å². The van der Waals surface area contributed by atoms with Crippen molar-refractivity contribution in [3.8, 4) is 0 Å². The van der Waals surface area contributed by atoms with Gasteiger partial charge < -0.3 is 5.32 Å². The lowest BCUT2D eigenvalue weighted by Crippen LogP contribution is -2.08. The highest BCUT2D eigenvalue weighted by molar-refractivity contribution is 5.94. The molecule has 0 saturated heterocycles. The number of amides is 1. The van der Waals surface area contributed by atoms with Crippen LogP contribution in [0.2, 0.25) is 0 Å². The Balaban J connectivity index is 2.96. The summed E-state index contributed by atoms with van der Waals surface area (Å²) in [6.45, 7) is 1.38. The summed E-state index contributed by atoms with van der Waals surface area (Å²) in [7, 11) is 0. The molecule has 62 valence electrons. The maximum atomic E-state index is 10.6. The van der Waals surface area contributed by atoms with Gasteiger partial charge in [0.05, 0.1) is 11.9 Å². The van der Waals surface area contributed by atoms with E-state index < -0.39 is 0 Å². The molecule has 1 aromatic rings. The summed E-state index contributed by atoms with van der Waals surface area (Å²) in [4.78, 5) is 24.8. The molecule has 0 aliphatic heterocycles. The molecule has 0 aliphatic carbocycles. The van der Waals surface area contributed by atoms with Crippen LogP contribution in [0.15, 0.2) is 18.5 Å². The van der Waals surface area contributed by atoms with Crippen molar-refractivity contribution in [2.75, 3.05) is 5.32 Å². The lowest BCUT2D eigenvalue weighted by Gasteiger charge is -2.02. The minimum absolute atomic E-state index is 0.217. The molecule has 0 aromatic carbocycles. The van der Waals surface area contributed by atoms with E-state index in [9.17, 15) is 9.59 Å². The van der Waals surface area contributed by atoms with Crippen molar-refractivity contribution < 1.29 is 9.59 Å². The fourth-order valence-corrected chi connectivity index (χ4v) is 0.802. The number of nitrogens with zero attached hydrogens (tertiary/aromatic N) is 1. The largest absolute Gasteiger partial charge is 0.324 e. The molecule has 0 atom stereocenters. The Labute approximate surface area is 69.6 Å². The quantitative estimate of drug-likeness (QED) is 0.659. The highest BCUT2D eigenvalue weighted by atomic mass is 16.1. The van der Waals surface area contributed by atoms with E-state index in [0.717, 1.165) is 0 Å². The van der Waals surface area contributed by atoms with E-state index >= 15 is 0 Å². The number of hydrogen-bond donors (Lipinski definition) is 1. The molecule has 4 nitrogen and oxygen atoms in total. The van der Waals surface area contributed by atoms with Crippen molar-refractivity contribution >= 4 is 17.9 Å². The van der Waals surface area contributed by atoms with Gasteiger partial charge in [-0.15, -0.1) is 0 Å². The molecule has 1 amide bonds. The predicted molar refractivity (Wildman–Crippen MR) is 43.9 cm³/mol. The van der Waals surface area contributed by atoms with Crippen molar-refractivity contribution in [2.24, 2.45) is 0 Å². The first-order chi connectivity index (χ1) is 5.74. The van der Waals surface area contributed by atoms with Gasteiger partial charge >= 0.3 is 0 Å². The molecule has 0 fully saturated rings. The number of anilines is 1. The number of pyridine rings is 1. The van der Waals surface area contributed by atoms with E-state index in [2.05, 4.69) is 10.3 Å². The van der Waals surface area contributed by atoms with Gasteiger partial charge in [0.15, 0.2) is 6.29 Å². The highest BCUT2D eigenvalue weighted by Gasteiger charge is 2.01. The zero-order chi connectivity index (χ0) is 8.97. The summed E-state index contributed by atoms with van der Waals surface area (Å²) in [6.07, 6.45) is 3.60. The van der Waals surface area contributed by atoms with E-state index in [0.29, 0.717) is 17.5 Å². The Morgan fingerprint density at radius 2 is 2.42 bits per heavy atom. The van der Waals surface area contributed by atoms with Crippen LogP contribution in [0.1, 0.15) is 17.3 Å². The Morgan fingerprint density at radius 1 is 1.67 bits per heavy atom. The number of carbonyl (C=O) groups is 2. The van der Waals surface area contributed by atoms with Crippen LogP contribution in [0, 0.1) is 0 Å². The van der Waals surface area contributed by atoms with Gasteiger partial charge in [0.1, 0.15) is 0 Å². The van der Waals surface area contributed by atoms with E-state index in [1.165, 1.54) is 25.4 Å². The fraction of sp³-hybridized carbons (Fsp3) is 0.125. The van der Waals surface area contributed by atoms with E-state index in [1.807, 2.05) is 0 Å². The average molecular weight is 164 g/mol. The third-order valence-electron chi connectivity index (χ3n) is 1.29. The normalized spacial score (nSPS) is 9.08. The number of carbonyl (C=O) groups excluding carboxylic acids is 2. The second-order valence-electron chi connectivity index (χ2n) is 2.26. The molecular weight excluding hydrogens is 156 g/mol. The van der Waals surface area contributed by atoms with Gasteiger partial charge in [-0.25, -0.2) is 0 Å². The average Bonchev–Trinajstić information content (AvgIpc) is 2.04. The molecule has 0 aliphatic rings. The third-order valence-corrected chi connectivity index (χ3v) is 1.29. The van der Waals surface area contributed by atoms with Crippen molar-refractivity contribution in [3.05, 3.63) is 24.0 Å². The monoisotopic (exact) mass is 164 g/mol. The van der Waals surface area contributed by atoms with Gasteiger partial charge in [-0.1, -0.05) is 0 Å². The summed E-state index contributed by atoms with van der Waals surface area (Å²) < 4.78 is 0. The van der Waals surface area contributed by atoms with Gasteiger partial charge in [-0.05, 0) is 6.07 Å². The van der Waals surface area contributed by atoms with Crippen LogP contribution >= 0.6 is 0 Å².